The minimum Gasteiger partial charge on any atom is -0.409 e. The van der Waals surface area contributed by atoms with Gasteiger partial charge in [-0.25, -0.2) is 0 Å². The van der Waals surface area contributed by atoms with Crippen molar-refractivity contribution in [1.82, 2.24) is 4.90 Å². The molecule has 1 fully saturated rings. The summed E-state index contributed by atoms with van der Waals surface area (Å²) in [4.78, 5) is 14.1. The molecule has 0 saturated heterocycles. The average Bonchev–Trinajstić information content (AvgIpc) is 2.35. The Balaban J connectivity index is 2.95. The molecule has 0 radical (unpaired) electrons. The van der Waals surface area contributed by atoms with Crippen LogP contribution in [0.25, 0.3) is 0 Å². The first-order chi connectivity index (χ1) is 8.73. The molecule has 0 aromatic carbocycles. The number of amidine groups is 1. The van der Waals surface area contributed by atoms with E-state index < -0.39 is 11.0 Å². The van der Waals surface area contributed by atoms with Gasteiger partial charge in [-0.15, -0.1) is 0 Å². The first kappa shape index (κ1) is 15.8. The number of carbonyl (C=O) groups excluding carboxylic acids is 1. The predicted molar refractivity (Wildman–Crippen MR) is 72.9 cm³/mol. The summed E-state index contributed by atoms with van der Waals surface area (Å²) >= 11 is 0. The van der Waals surface area contributed by atoms with Gasteiger partial charge in [-0.1, -0.05) is 24.4 Å². The largest absolute Gasteiger partial charge is 0.409 e. The van der Waals surface area contributed by atoms with Crippen molar-refractivity contribution >= 4 is 11.7 Å². The molecule has 1 rings (SSSR count). The average molecular weight is 271 g/mol. The minimum absolute atomic E-state index is 0.0141. The lowest BCUT2D eigenvalue weighted by Gasteiger charge is -2.38. The zero-order valence-corrected chi connectivity index (χ0v) is 12.0. The standard InChI is InChI=1S/C13H25N3O3/c1-12(2,18)9-16(3)11(17)13(10(14)15-19)7-5-4-6-8-13/h18-19H,4-9H2,1-3H3,(H2,14,15). The van der Waals surface area contributed by atoms with Crippen molar-refractivity contribution in [3.63, 3.8) is 0 Å². The van der Waals surface area contributed by atoms with Gasteiger partial charge in [0.1, 0.15) is 5.41 Å². The molecular weight excluding hydrogens is 246 g/mol. The van der Waals surface area contributed by atoms with Crippen LogP contribution >= 0.6 is 0 Å². The highest BCUT2D eigenvalue weighted by atomic mass is 16.4. The first-order valence-corrected chi connectivity index (χ1v) is 6.69. The van der Waals surface area contributed by atoms with Crippen LogP contribution in [-0.2, 0) is 4.79 Å². The van der Waals surface area contributed by atoms with Gasteiger partial charge in [0.05, 0.1) is 5.60 Å². The van der Waals surface area contributed by atoms with Crippen LogP contribution in [0, 0.1) is 5.41 Å². The van der Waals surface area contributed by atoms with Crippen LogP contribution in [0.2, 0.25) is 0 Å². The van der Waals surface area contributed by atoms with Crippen molar-refractivity contribution in [3.05, 3.63) is 0 Å². The molecule has 6 heteroatoms. The SMILES string of the molecule is CN(CC(C)(C)O)C(=O)C1(C(N)=NO)CCCCC1. The number of hydrogen-bond donors (Lipinski definition) is 3. The smallest absolute Gasteiger partial charge is 0.236 e. The van der Waals surface area contributed by atoms with E-state index in [2.05, 4.69) is 5.16 Å². The van der Waals surface area contributed by atoms with Crippen LogP contribution < -0.4 is 5.73 Å². The summed E-state index contributed by atoms with van der Waals surface area (Å²) in [7, 11) is 1.64. The summed E-state index contributed by atoms with van der Waals surface area (Å²) in [5.41, 5.74) is 3.90. The molecular formula is C13H25N3O3. The number of rotatable bonds is 4. The van der Waals surface area contributed by atoms with E-state index >= 15 is 0 Å². The van der Waals surface area contributed by atoms with Gasteiger partial charge < -0.3 is 20.9 Å². The molecule has 0 aliphatic heterocycles. The third kappa shape index (κ3) is 3.59. The van der Waals surface area contributed by atoms with Crippen molar-refractivity contribution in [1.29, 1.82) is 0 Å². The van der Waals surface area contributed by atoms with E-state index in [-0.39, 0.29) is 18.3 Å². The van der Waals surface area contributed by atoms with E-state index in [0.29, 0.717) is 12.8 Å². The van der Waals surface area contributed by atoms with Gasteiger partial charge in [-0.05, 0) is 26.7 Å². The highest BCUT2D eigenvalue weighted by Gasteiger charge is 2.45. The van der Waals surface area contributed by atoms with E-state index in [4.69, 9.17) is 10.9 Å². The van der Waals surface area contributed by atoms with E-state index in [1.165, 1.54) is 4.90 Å². The molecule has 6 nitrogen and oxygen atoms in total. The van der Waals surface area contributed by atoms with E-state index in [0.717, 1.165) is 19.3 Å². The second-order valence-electron chi connectivity index (χ2n) is 6.10. The van der Waals surface area contributed by atoms with Crippen molar-refractivity contribution in [3.8, 4) is 0 Å². The van der Waals surface area contributed by atoms with Crippen LogP contribution in [0.1, 0.15) is 46.0 Å². The third-order valence-electron chi connectivity index (χ3n) is 3.69. The van der Waals surface area contributed by atoms with E-state index in [1.54, 1.807) is 20.9 Å². The summed E-state index contributed by atoms with van der Waals surface area (Å²) in [6.07, 6.45) is 4.02. The second-order valence-corrected chi connectivity index (χ2v) is 6.10. The lowest BCUT2D eigenvalue weighted by molar-refractivity contribution is -0.141. The van der Waals surface area contributed by atoms with Crippen LogP contribution in [0.3, 0.4) is 0 Å². The molecule has 4 N–H and O–H groups in total. The zero-order valence-electron chi connectivity index (χ0n) is 12.0. The fourth-order valence-corrected chi connectivity index (χ4v) is 2.85. The fourth-order valence-electron chi connectivity index (χ4n) is 2.85. The monoisotopic (exact) mass is 271 g/mol. The molecule has 0 aromatic heterocycles. The Bertz CT molecular complexity index is 355. The number of aliphatic hydroxyl groups is 1. The van der Waals surface area contributed by atoms with Gasteiger partial charge >= 0.3 is 0 Å². The number of carbonyl (C=O) groups is 1. The molecule has 0 atom stereocenters. The fraction of sp³-hybridized carbons (Fsp3) is 0.846. The van der Waals surface area contributed by atoms with Crippen molar-refractivity contribution in [2.75, 3.05) is 13.6 Å². The van der Waals surface area contributed by atoms with Crippen molar-refractivity contribution in [2.24, 2.45) is 16.3 Å². The number of nitrogens with two attached hydrogens (primary N) is 1. The number of hydrogen-bond acceptors (Lipinski definition) is 4. The summed E-state index contributed by atoms with van der Waals surface area (Å²) in [5.74, 6) is -0.190. The van der Waals surface area contributed by atoms with Crippen LogP contribution in [-0.4, -0.2) is 46.1 Å². The third-order valence-corrected chi connectivity index (χ3v) is 3.69. The van der Waals surface area contributed by atoms with Gasteiger partial charge in [0, 0.05) is 13.6 Å². The Morgan fingerprint density at radius 3 is 2.32 bits per heavy atom. The number of amides is 1. The first-order valence-electron chi connectivity index (χ1n) is 6.69. The summed E-state index contributed by atoms with van der Waals surface area (Å²) in [5, 5.41) is 21.8. The maximum atomic E-state index is 12.6. The Kier molecular flexibility index (Phi) is 4.79. The van der Waals surface area contributed by atoms with E-state index in [1.807, 2.05) is 0 Å². The second kappa shape index (κ2) is 5.77. The summed E-state index contributed by atoms with van der Waals surface area (Å²) in [6.45, 7) is 3.51. The molecule has 0 bridgehead atoms. The maximum absolute atomic E-state index is 12.6. The highest BCUT2D eigenvalue weighted by molar-refractivity contribution is 6.06. The molecule has 110 valence electrons. The number of nitrogens with zero attached hydrogens (tertiary/aromatic N) is 2. The molecule has 1 amide bonds. The van der Waals surface area contributed by atoms with Gasteiger partial charge in [-0.2, -0.15) is 0 Å². The maximum Gasteiger partial charge on any atom is 0.236 e. The van der Waals surface area contributed by atoms with Crippen molar-refractivity contribution < 1.29 is 15.1 Å². The highest BCUT2D eigenvalue weighted by Crippen LogP contribution is 2.38. The van der Waals surface area contributed by atoms with Crippen molar-refractivity contribution in [2.45, 2.75) is 51.6 Å². The Morgan fingerprint density at radius 1 is 1.37 bits per heavy atom. The quantitative estimate of drug-likeness (QED) is 0.306. The molecule has 0 unspecified atom stereocenters. The Labute approximate surface area is 114 Å². The molecule has 0 spiro atoms. The molecule has 0 aromatic rings. The van der Waals surface area contributed by atoms with Crippen LogP contribution in [0.4, 0.5) is 0 Å². The number of likely N-dealkylation sites (N-methyl/N-ethyl adjacent to an activating group) is 1. The van der Waals surface area contributed by atoms with Crippen LogP contribution in [0.15, 0.2) is 5.16 Å². The Hall–Kier alpha value is -1.30. The van der Waals surface area contributed by atoms with E-state index in [9.17, 15) is 9.90 Å². The van der Waals surface area contributed by atoms with Gasteiger partial charge in [0.2, 0.25) is 5.91 Å². The topological polar surface area (TPSA) is 99.2 Å². The summed E-state index contributed by atoms with van der Waals surface area (Å²) in [6, 6.07) is 0. The molecule has 1 saturated carbocycles. The normalized spacial score (nSPS) is 20.1. The van der Waals surface area contributed by atoms with Crippen LogP contribution in [0.5, 0.6) is 0 Å². The lowest BCUT2D eigenvalue weighted by Crippen LogP contribution is -2.53. The molecule has 1 aliphatic rings. The van der Waals surface area contributed by atoms with Gasteiger partial charge in [-0.3, -0.25) is 4.79 Å². The summed E-state index contributed by atoms with van der Waals surface area (Å²) < 4.78 is 0. The molecule has 19 heavy (non-hydrogen) atoms. The predicted octanol–water partition coefficient (Wildman–Crippen LogP) is 0.913. The van der Waals surface area contributed by atoms with Gasteiger partial charge in [0.25, 0.3) is 0 Å². The minimum atomic E-state index is -0.967. The lowest BCUT2D eigenvalue weighted by atomic mass is 9.72. The Morgan fingerprint density at radius 2 is 1.89 bits per heavy atom. The number of oxime groups is 1. The molecule has 1 aliphatic carbocycles. The molecule has 0 heterocycles. The zero-order chi connectivity index (χ0) is 14.7. The van der Waals surface area contributed by atoms with Gasteiger partial charge in [0.15, 0.2) is 5.84 Å².